The van der Waals surface area contributed by atoms with Gasteiger partial charge >= 0.3 is 0 Å². The number of anilines is 1. The van der Waals surface area contributed by atoms with Crippen molar-refractivity contribution in [1.82, 2.24) is 14.7 Å². The van der Waals surface area contributed by atoms with Crippen molar-refractivity contribution in [3.8, 4) is 11.1 Å². The predicted molar refractivity (Wildman–Crippen MR) is 126 cm³/mol. The Morgan fingerprint density at radius 3 is 2.23 bits per heavy atom. The number of carbonyl (C=O) groups excluding carboxylic acids is 1. The summed E-state index contributed by atoms with van der Waals surface area (Å²) in [6.07, 6.45) is 4.90. The molecule has 2 aromatic carbocycles. The molecular formula is C24H30N4O2S. The zero-order valence-electron chi connectivity index (χ0n) is 17.9. The average molecular weight is 439 g/mol. The highest BCUT2D eigenvalue weighted by atomic mass is 32.2. The Morgan fingerprint density at radius 2 is 1.65 bits per heavy atom. The van der Waals surface area contributed by atoms with Crippen LogP contribution in [0.4, 0.5) is 5.69 Å². The molecule has 0 bridgehead atoms. The van der Waals surface area contributed by atoms with Gasteiger partial charge in [-0.2, -0.15) is 0 Å². The summed E-state index contributed by atoms with van der Waals surface area (Å²) in [7, 11) is 2.19. The summed E-state index contributed by atoms with van der Waals surface area (Å²) in [5, 5.41) is 12.4. The van der Waals surface area contributed by atoms with Crippen LogP contribution in [0.15, 0.2) is 65.1 Å². The Bertz CT molecular complexity index is 906. The Balaban J connectivity index is 1.31. The molecule has 31 heavy (non-hydrogen) atoms. The molecule has 1 saturated heterocycles. The van der Waals surface area contributed by atoms with Crippen molar-refractivity contribution in [3.63, 3.8) is 0 Å². The van der Waals surface area contributed by atoms with Gasteiger partial charge in [0, 0.05) is 35.3 Å². The van der Waals surface area contributed by atoms with E-state index in [4.69, 9.17) is 5.21 Å². The molecule has 2 aromatic rings. The molecule has 2 aliphatic heterocycles. The highest BCUT2D eigenvalue weighted by Gasteiger charge is 2.18. The zero-order chi connectivity index (χ0) is 21.6. The van der Waals surface area contributed by atoms with E-state index in [9.17, 15) is 4.79 Å². The van der Waals surface area contributed by atoms with Gasteiger partial charge < -0.3 is 10.2 Å². The highest BCUT2D eigenvalue weighted by molar-refractivity contribution is 7.97. The lowest BCUT2D eigenvalue weighted by molar-refractivity contribution is -0.125. The lowest BCUT2D eigenvalue weighted by Crippen LogP contribution is -2.36. The molecule has 6 nitrogen and oxygen atoms in total. The summed E-state index contributed by atoms with van der Waals surface area (Å²) >= 11 is 1.69. The average Bonchev–Trinajstić information content (AvgIpc) is 2.82. The van der Waals surface area contributed by atoms with Gasteiger partial charge in [0.2, 0.25) is 0 Å². The van der Waals surface area contributed by atoms with Gasteiger partial charge in [-0.05, 0) is 86.7 Å². The third-order valence-corrected chi connectivity index (χ3v) is 7.03. The standard InChI is InChI=1S/C24H30N4O2S/c1-27-14-12-22(13-15-27)25-21-6-2-18(3-7-21)19-4-8-23(9-5-19)31-28-16-10-20(11-17-28)24(29)26-30/h2-10,22,25,30H,11-17H2,1H3,(H,26,29). The van der Waals surface area contributed by atoms with Gasteiger partial charge in [0.25, 0.3) is 5.91 Å². The number of benzene rings is 2. The first-order valence-corrected chi connectivity index (χ1v) is 11.6. The second-order valence-electron chi connectivity index (χ2n) is 8.22. The van der Waals surface area contributed by atoms with Gasteiger partial charge in [0.15, 0.2) is 0 Å². The fourth-order valence-electron chi connectivity index (χ4n) is 4.02. The monoisotopic (exact) mass is 438 g/mol. The van der Waals surface area contributed by atoms with Gasteiger partial charge in [-0.25, -0.2) is 9.79 Å². The normalized spacial score (nSPS) is 18.5. The predicted octanol–water partition coefficient (Wildman–Crippen LogP) is 4.00. The molecule has 1 fully saturated rings. The smallest absolute Gasteiger partial charge is 0.270 e. The molecule has 0 radical (unpaired) electrons. The van der Waals surface area contributed by atoms with Crippen molar-refractivity contribution in [2.45, 2.75) is 30.2 Å². The fraction of sp³-hybridized carbons (Fsp3) is 0.375. The van der Waals surface area contributed by atoms with Crippen LogP contribution in [0.1, 0.15) is 19.3 Å². The van der Waals surface area contributed by atoms with E-state index in [1.807, 2.05) is 6.08 Å². The lowest BCUT2D eigenvalue weighted by atomic mass is 10.0. The number of piperidine rings is 1. The van der Waals surface area contributed by atoms with Crippen LogP contribution in [-0.2, 0) is 4.79 Å². The number of amides is 1. The summed E-state index contributed by atoms with van der Waals surface area (Å²) in [6.45, 7) is 3.78. The second-order valence-corrected chi connectivity index (χ2v) is 9.39. The van der Waals surface area contributed by atoms with Gasteiger partial charge in [-0.3, -0.25) is 10.0 Å². The fourth-order valence-corrected chi connectivity index (χ4v) is 4.90. The molecule has 7 heteroatoms. The van der Waals surface area contributed by atoms with Crippen LogP contribution in [-0.4, -0.2) is 59.6 Å². The second kappa shape index (κ2) is 10.3. The van der Waals surface area contributed by atoms with Crippen LogP contribution < -0.4 is 10.8 Å². The molecule has 0 atom stereocenters. The topological polar surface area (TPSA) is 67.8 Å². The van der Waals surface area contributed by atoms with Crippen LogP contribution in [0.2, 0.25) is 0 Å². The minimum absolute atomic E-state index is 0.401. The Morgan fingerprint density at radius 1 is 1.00 bits per heavy atom. The number of carbonyl (C=O) groups is 1. The van der Waals surface area contributed by atoms with Crippen LogP contribution in [0.25, 0.3) is 11.1 Å². The highest BCUT2D eigenvalue weighted by Crippen LogP contribution is 2.29. The first-order chi connectivity index (χ1) is 15.1. The van der Waals surface area contributed by atoms with Gasteiger partial charge in [-0.15, -0.1) is 0 Å². The Hall–Kier alpha value is -2.32. The maximum absolute atomic E-state index is 11.5. The van der Waals surface area contributed by atoms with Crippen molar-refractivity contribution in [3.05, 3.63) is 60.2 Å². The molecule has 164 valence electrons. The van der Waals surface area contributed by atoms with Crippen molar-refractivity contribution in [2.75, 3.05) is 38.5 Å². The van der Waals surface area contributed by atoms with E-state index < -0.39 is 5.91 Å². The summed E-state index contributed by atoms with van der Waals surface area (Å²) < 4.78 is 2.21. The van der Waals surface area contributed by atoms with Crippen LogP contribution in [0, 0.1) is 0 Å². The molecule has 0 spiro atoms. The summed E-state index contributed by atoms with van der Waals surface area (Å²) in [6, 6.07) is 17.9. The molecule has 0 saturated carbocycles. The van der Waals surface area contributed by atoms with E-state index >= 15 is 0 Å². The van der Waals surface area contributed by atoms with Crippen molar-refractivity contribution < 1.29 is 10.0 Å². The SMILES string of the molecule is CN1CCC(Nc2ccc(-c3ccc(SN4CC=C(C(=O)NO)CC4)cc3)cc2)CC1. The molecule has 1 amide bonds. The molecule has 4 rings (SSSR count). The van der Waals surface area contributed by atoms with E-state index in [0.717, 1.165) is 19.6 Å². The van der Waals surface area contributed by atoms with E-state index in [-0.39, 0.29) is 0 Å². The Kier molecular flexibility index (Phi) is 7.29. The number of hydroxylamine groups is 1. The van der Waals surface area contributed by atoms with E-state index in [1.54, 1.807) is 17.4 Å². The van der Waals surface area contributed by atoms with Crippen LogP contribution in [0.5, 0.6) is 0 Å². The largest absolute Gasteiger partial charge is 0.382 e. The number of rotatable bonds is 6. The summed E-state index contributed by atoms with van der Waals surface area (Å²) in [4.78, 5) is 15.0. The number of likely N-dealkylation sites (tertiary alicyclic amines) is 1. The van der Waals surface area contributed by atoms with Crippen LogP contribution >= 0.6 is 11.9 Å². The third kappa shape index (κ3) is 5.89. The minimum Gasteiger partial charge on any atom is -0.382 e. The van der Waals surface area contributed by atoms with E-state index in [1.165, 1.54) is 34.6 Å². The summed E-state index contributed by atoms with van der Waals surface area (Å²) in [5.41, 5.74) is 5.96. The van der Waals surface area contributed by atoms with Crippen molar-refractivity contribution in [1.29, 1.82) is 0 Å². The maximum Gasteiger partial charge on any atom is 0.270 e. The minimum atomic E-state index is -0.401. The first kappa shape index (κ1) is 21.9. The van der Waals surface area contributed by atoms with Gasteiger partial charge in [0.1, 0.15) is 0 Å². The van der Waals surface area contributed by atoms with Crippen molar-refractivity contribution in [2.24, 2.45) is 0 Å². The first-order valence-electron chi connectivity index (χ1n) is 10.8. The van der Waals surface area contributed by atoms with Gasteiger partial charge in [-0.1, -0.05) is 30.3 Å². The molecule has 0 unspecified atom stereocenters. The van der Waals surface area contributed by atoms with E-state index in [0.29, 0.717) is 24.6 Å². The lowest BCUT2D eigenvalue weighted by Gasteiger charge is -2.30. The van der Waals surface area contributed by atoms with E-state index in [2.05, 4.69) is 70.1 Å². The Labute approximate surface area is 188 Å². The third-order valence-electron chi connectivity index (χ3n) is 5.96. The number of nitrogens with one attached hydrogen (secondary N) is 2. The number of nitrogens with zero attached hydrogens (tertiary/aromatic N) is 2. The van der Waals surface area contributed by atoms with Gasteiger partial charge in [0.05, 0.1) is 0 Å². The molecule has 2 heterocycles. The maximum atomic E-state index is 11.5. The molecular weight excluding hydrogens is 408 g/mol. The molecule has 0 aliphatic carbocycles. The molecule has 3 N–H and O–H groups in total. The van der Waals surface area contributed by atoms with Crippen molar-refractivity contribution >= 4 is 23.5 Å². The molecule has 0 aromatic heterocycles. The quantitative estimate of drug-likeness (QED) is 0.360. The van der Waals surface area contributed by atoms with Crippen LogP contribution in [0.3, 0.4) is 0 Å². The zero-order valence-corrected chi connectivity index (χ0v) is 18.7. The number of hydrogen-bond donors (Lipinski definition) is 3. The number of hydrogen-bond acceptors (Lipinski definition) is 6. The summed E-state index contributed by atoms with van der Waals surface area (Å²) in [5.74, 6) is -0.401. The molecule has 2 aliphatic rings.